The third kappa shape index (κ3) is 0.842. The Labute approximate surface area is 41.5 Å². The highest BCUT2D eigenvalue weighted by Crippen LogP contribution is 2.31. The van der Waals surface area contributed by atoms with E-state index >= 15 is 0 Å². The molecule has 0 radical (unpaired) electrons. The first-order valence-corrected chi connectivity index (χ1v) is 3.11. The van der Waals surface area contributed by atoms with E-state index in [1.807, 2.05) is 0 Å². The van der Waals surface area contributed by atoms with E-state index in [0.29, 0.717) is 13.0 Å². The lowest BCUT2D eigenvalue weighted by Crippen LogP contribution is -1.79. The summed E-state index contributed by atoms with van der Waals surface area (Å²) in [5.41, 5.74) is -0.255. The van der Waals surface area contributed by atoms with Crippen molar-refractivity contribution in [3.63, 3.8) is 0 Å². The van der Waals surface area contributed by atoms with Gasteiger partial charge < -0.3 is 0 Å². The van der Waals surface area contributed by atoms with Crippen molar-refractivity contribution in [2.45, 2.75) is 6.42 Å². The SMILES string of the molecule is O=C1CCO[P+]1=O. The Kier molecular flexibility index (Phi) is 1.17. The molecule has 1 aliphatic heterocycles. The van der Waals surface area contributed by atoms with Gasteiger partial charge in [-0.25, -0.2) is 4.79 Å². The van der Waals surface area contributed by atoms with Crippen molar-refractivity contribution >= 4 is 13.6 Å². The maximum absolute atomic E-state index is 10.2. The summed E-state index contributed by atoms with van der Waals surface area (Å²) in [5.74, 6) is 0. The van der Waals surface area contributed by atoms with Crippen LogP contribution in [-0.4, -0.2) is 12.1 Å². The average molecular weight is 119 g/mol. The zero-order valence-corrected chi connectivity index (χ0v) is 4.48. The summed E-state index contributed by atoms with van der Waals surface area (Å²) in [7, 11) is -1.92. The molecule has 0 saturated carbocycles. The topological polar surface area (TPSA) is 43.4 Å². The van der Waals surface area contributed by atoms with E-state index in [4.69, 9.17) is 0 Å². The lowest BCUT2D eigenvalue weighted by atomic mass is 10.5. The van der Waals surface area contributed by atoms with E-state index < -0.39 is 8.03 Å². The van der Waals surface area contributed by atoms with Crippen LogP contribution in [0.5, 0.6) is 0 Å². The van der Waals surface area contributed by atoms with E-state index in [1.165, 1.54) is 0 Å². The third-order valence-corrected chi connectivity index (χ3v) is 1.78. The first kappa shape index (κ1) is 4.88. The van der Waals surface area contributed by atoms with Gasteiger partial charge in [0, 0.05) is 0 Å². The lowest BCUT2D eigenvalue weighted by molar-refractivity contribution is -0.111. The summed E-state index contributed by atoms with van der Waals surface area (Å²) in [6.07, 6.45) is 0.329. The van der Waals surface area contributed by atoms with Crippen LogP contribution in [-0.2, 0) is 13.9 Å². The summed E-state index contributed by atoms with van der Waals surface area (Å²) >= 11 is 0. The summed E-state index contributed by atoms with van der Waals surface area (Å²) in [5, 5.41) is 0. The lowest BCUT2D eigenvalue weighted by Gasteiger charge is -1.58. The summed E-state index contributed by atoms with van der Waals surface area (Å²) < 4.78 is 14.6. The predicted octanol–water partition coefficient (Wildman–Crippen LogP) is 0.676. The van der Waals surface area contributed by atoms with E-state index in [-0.39, 0.29) is 5.52 Å². The van der Waals surface area contributed by atoms with Crippen molar-refractivity contribution in [2.24, 2.45) is 0 Å². The Morgan fingerprint density at radius 2 is 2.43 bits per heavy atom. The van der Waals surface area contributed by atoms with Gasteiger partial charge in [0.25, 0.3) is 0 Å². The molecule has 0 N–H and O–H groups in total. The van der Waals surface area contributed by atoms with Crippen molar-refractivity contribution in [1.29, 1.82) is 0 Å². The van der Waals surface area contributed by atoms with Gasteiger partial charge in [0.1, 0.15) is 6.61 Å². The standard InChI is InChI=1S/C3H4O3P/c4-3-1-2-6-7(3)5/h1-2H2/q+1. The second-order valence-electron chi connectivity index (χ2n) is 1.23. The van der Waals surface area contributed by atoms with E-state index in [1.54, 1.807) is 0 Å². The van der Waals surface area contributed by atoms with Gasteiger partial charge >= 0.3 is 13.6 Å². The molecule has 38 valence electrons. The highest BCUT2D eigenvalue weighted by Gasteiger charge is 2.37. The molecule has 1 fully saturated rings. The quantitative estimate of drug-likeness (QED) is 0.440. The summed E-state index contributed by atoms with van der Waals surface area (Å²) in [6.45, 7) is 0.341. The molecule has 0 bridgehead atoms. The molecule has 1 unspecified atom stereocenters. The molecular weight excluding hydrogens is 115 g/mol. The highest BCUT2D eigenvalue weighted by molar-refractivity contribution is 7.59. The number of rotatable bonds is 0. The molecule has 0 aromatic carbocycles. The summed E-state index contributed by atoms with van der Waals surface area (Å²) in [6, 6.07) is 0. The number of hydrogen-bond donors (Lipinski definition) is 0. The molecule has 1 heterocycles. The molecule has 3 nitrogen and oxygen atoms in total. The molecule has 0 aromatic rings. The van der Waals surface area contributed by atoms with Crippen LogP contribution in [0, 0.1) is 0 Å². The Bertz CT molecular complexity index is 105. The number of carbonyl (C=O) groups excluding carboxylic acids is 1. The van der Waals surface area contributed by atoms with Crippen molar-refractivity contribution in [3.8, 4) is 0 Å². The van der Waals surface area contributed by atoms with Crippen LogP contribution in [0.1, 0.15) is 6.42 Å². The first-order valence-electron chi connectivity index (χ1n) is 1.94. The number of carbonyl (C=O) groups is 1. The van der Waals surface area contributed by atoms with Gasteiger partial charge in [-0.05, 0) is 4.57 Å². The fourth-order valence-corrected chi connectivity index (χ4v) is 1.05. The fraction of sp³-hybridized carbons (Fsp3) is 0.667. The van der Waals surface area contributed by atoms with Crippen molar-refractivity contribution in [1.82, 2.24) is 0 Å². The fourth-order valence-electron chi connectivity index (χ4n) is 0.379. The van der Waals surface area contributed by atoms with Gasteiger partial charge in [-0.1, -0.05) is 0 Å². The van der Waals surface area contributed by atoms with Crippen molar-refractivity contribution in [2.75, 3.05) is 6.61 Å². The average Bonchev–Trinajstić information content (AvgIpc) is 1.91. The molecule has 0 aromatic heterocycles. The predicted molar refractivity (Wildman–Crippen MR) is 23.2 cm³/mol. The Morgan fingerprint density at radius 1 is 1.71 bits per heavy atom. The largest absolute Gasteiger partial charge is 0.587 e. The zero-order valence-electron chi connectivity index (χ0n) is 3.59. The first-order chi connectivity index (χ1) is 3.30. The Morgan fingerprint density at radius 3 is 2.57 bits per heavy atom. The molecular formula is C3H4O3P+. The third-order valence-electron chi connectivity index (χ3n) is 0.728. The van der Waals surface area contributed by atoms with Crippen LogP contribution in [0.3, 0.4) is 0 Å². The van der Waals surface area contributed by atoms with Crippen LogP contribution >= 0.6 is 8.03 Å². The van der Waals surface area contributed by atoms with Crippen molar-refractivity contribution < 1.29 is 13.9 Å². The zero-order chi connectivity index (χ0) is 5.28. The van der Waals surface area contributed by atoms with E-state index in [2.05, 4.69) is 4.52 Å². The molecule has 0 spiro atoms. The van der Waals surface area contributed by atoms with E-state index in [0.717, 1.165) is 0 Å². The Balaban J connectivity index is 2.65. The second kappa shape index (κ2) is 1.68. The summed E-state index contributed by atoms with van der Waals surface area (Å²) in [4.78, 5) is 10.2. The van der Waals surface area contributed by atoms with Crippen LogP contribution in [0.15, 0.2) is 0 Å². The smallest absolute Gasteiger partial charge is 0.237 e. The van der Waals surface area contributed by atoms with Gasteiger partial charge in [-0.3, -0.25) is 0 Å². The van der Waals surface area contributed by atoms with Crippen LogP contribution in [0.2, 0.25) is 0 Å². The highest BCUT2D eigenvalue weighted by atomic mass is 31.1. The molecule has 4 heteroatoms. The van der Waals surface area contributed by atoms with E-state index in [9.17, 15) is 9.36 Å². The minimum absolute atomic E-state index is 0.255. The maximum atomic E-state index is 10.2. The molecule has 0 amide bonds. The Hall–Kier alpha value is -0.270. The minimum Gasteiger partial charge on any atom is -0.237 e. The van der Waals surface area contributed by atoms with Crippen molar-refractivity contribution in [3.05, 3.63) is 0 Å². The molecule has 1 rings (SSSR count). The van der Waals surface area contributed by atoms with Crippen LogP contribution in [0.4, 0.5) is 0 Å². The molecule has 1 atom stereocenters. The molecule has 7 heavy (non-hydrogen) atoms. The van der Waals surface area contributed by atoms with Crippen LogP contribution < -0.4 is 0 Å². The van der Waals surface area contributed by atoms with Crippen LogP contribution in [0.25, 0.3) is 0 Å². The second-order valence-corrected chi connectivity index (χ2v) is 2.51. The minimum atomic E-state index is -1.92. The van der Waals surface area contributed by atoms with Gasteiger partial charge in [0.2, 0.25) is 0 Å². The normalized spacial score (nSPS) is 26.3. The molecule has 1 saturated heterocycles. The van der Waals surface area contributed by atoms with Gasteiger partial charge in [0.15, 0.2) is 0 Å². The molecule has 0 aliphatic carbocycles. The maximum Gasteiger partial charge on any atom is 0.587 e. The monoisotopic (exact) mass is 119 g/mol. The molecule has 1 aliphatic rings. The van der Waals surface area contributed by atoms with Gasteiger partial charge in [-0.15, -0.1) is 4.52 Å². The van der Waals surface area contributed by atoms with Gasteiger partial charge in [0.05, 0.1) is 6.42 Å². The number of hydrogen-bond acceptors (Lipinski definition) is 3. The van der Waals surface area contributed by atoms with Gasteiger partial charge in [-0.2, -0.15) is 0 Å².